The number of hydrogen-bond acceptors (Lipinski definition) is 4. The van der Waals surface area contributed by atoms with Crippen molar-refractivity contribution in [2.45, 2.75) is 33.3 Å². The Kier molecular flexibility index (Phi) is 6.99. The van der Waals surface area contributed by atoms with Crippen LogP contribution < -0.4 is 10.1 Å². The molecule has 1 unspecified atom stereocenters. The second kappa shape index (κ2) is 8.25. The molecule has 0 fully saturated rings. The molecule has 0 aliphatic heterocycles. The normalized spacial score (nSPS) is 13.2. The van der Waals surface area contributed by atoms with Gasteiger partial charge in [0.2, 0.25) is 0 Å². The largest absolute Gasteiger partial charge is 0.491 e. The number of nitrogens with one attached hydrogen (secondary N) is 1. The Morgan fingerprint density at radius 1 is 1.25 bits per heavy atom. The van der Waals surface area contributed by atoms with E-state index in [2.05, 4.69) is 12.2 Å². The lowest BCUT2D eigenvalue weighted by molar-refractivity contribution is 0.0980. The fourth-order valence-corrected chi connectivity index (χ4v) is 1.71. The Balaban J connectivity index is 2.23. The molecule has 114 valence electrons. The zero-order valence-electron chi connectivity index (χ0n) is 12.7. The highest BCUT2D eigenvalue weighted by molar-refractivity contribution is 5.27. The van der Waals surface area contributed by atoms with E-state index in [1.807, 2.05) is 38.1 Å². The summed E-state index contributed by atoms with van der Waals surface area (Å²) >= 11 is 0. The van der Waals surface area contributed by atoms with Crippen LogP contribution in [0.25, 0.3) is 0 Å². The summed E-state index contributed by atoms with van der Waals surface area (Å²) in [5.74, 6) is 0.775. The van der Waals surface area contributed by atoms with Gasteiger partial charge in [0.15, 0.2) is 0 Å². The molecule has 0 saturated heterocycles. The van der Waals surface area contributed by atoms with E-state index in [0.29, 0.717) is 13.1 Å². The maximum absolute atomic E-state index is 9.83. The van der Waals surface area contributed by atoms with Crippen molar-refractivity contribution in [1.82, 2.24) is 5.32 Å². The van der Waals surface area contributed by atoms with E-state index in [9.17, 15) is 5.11 Å². The first kappa shape index (κ1) is 17.0. The molecule has 1 atom stereocenters. The van der Waals surface area contributed by atoms with Gasteiger partial charge in [-0.15, -0.1) is 0 Å². The van der Waals surface area contributed by atoms with Crippen LogP contribution in [-0.2, 0) is 6.42 Å². The molecule has 4 nitrogen and oxygen atoms in total. The molecule has 20 heavy (non-hydrogen) atoms. The molecule has 0 spiro atoms. The maximum atomic E-state index is 9.83. The highest BCUT2D eigenvalue weighted by Gasteiger charge is 2.16. The van der Waals surface area contributed by atoms with Gasteiger partial charge < -0.3 is 20.3 Å². The Bertz CT molecular complexity index is 376. The van der Waals surface area contributed by atoms with Crippen LogP contribution in [0.1, 0.15) is 26.3 Å². The summed E-state index contributed by atoms with van der Waals surface area (Å²) < 4.78 is 5.54. The smallest absolute Gasteiger partial charge is 0.119 e. The molecule has 3 N–H and O–H groups in total. The molecule has 0 aromatic heterocycles. The minimum atomic E-state index is -0.560. The molecule has 0 saturated carbocycles. The van der Waals surface area contributed by atoms with Gasteiger partial charge in [0.05, 0.1) is 0 Å². The molecular formula is C16H27NO3. The molecule has 0 amide bonds. The van der Waals surface area contributed by atoms with Crippen molar-refractivity contribution >= 4 is 0 Å². The lowest BCUT2D eigenvalue weighted by Crippen LogP contribution is -2.38. The molecule has 0 aliphatic rings. The van der Waals surface area contributed by atoms with Gasteiger partial charge in [0.25, 0.3) is 0 Å². The van der Waals surface area contributed by atoms with Crippen LogP contribution in [0.2, 0.25) is 0 Å². The predicted octanol–water partition coefficient (Wildman–Crippen LogP) is 1.60. The predicted molar refractivity (Wildman–Crippen MR) is 81.1 cm³/mol. The summed E-state index contributed by atoms with van der Waals surface area (Å²) in [4.78, 5) is 0. The van der Waals surface area contributed by atoms with Crippen molar-refractivity contribution in [1.29, 1.82) is 0 Å². The van der Waals surface area contributed by atoms with Gasteiger partial charge in [-0.1, -0.05) is 32.9 Å². The number of benzene rings is 1. The van der Waals surface area contributed by atoms with Crippen LogP contribution in [0.3, 0.4) is 0 Å². The van der Waals surface area contributed by atoms with Gasteiger partial charge in [-0.2, -0.15) is 0 Å². The van der Waals surface area contributed by atoms with Gasteiger partial charge in [-0.25, -0.2) is 0 Å². The van der Waals surface area contributed by atoms with Crippen molar-refractivity contribution in [2.75, 3.05) is 26.3 Å². The second-order valence-electron chi connectivity index (χ2n) is 5.92. The number of aliphatic hydroxyl groups excluding tert-OH is 2. The summed E-state index contributed by atoms with van der Waals surface area (Å²) in [6.45, 7) is 7.55. The fourth-order valence-electron chi connectivity index (χ4n) is 1.71. The monoisotopic (exact) mass is 281 g/mol. The molecule has 1 aromatic carbocycles. The van der Waals surface area contributed by atoms with Crippen LogP contribution in [0, 0.1) is 5.41 Å². The van der Waals surface area contributed by atoms with E-state index < -0.39 is 6.10 Å². The molecule has 1 aromatic rings. The zero-order chi connectivity index (χ0) is 15.0. The first-order valence-electron chi connectivity index (χ1n) is 7.18. The average Bonchev–Trinajstić information content (AvgIpc) is 2.45. The van der Waals surface area contributed by atoms with Crippen LogP contribution in [-0.4, -0.2) is 42.6 Å². The molecule has 0 heterocycles. The Hall–Kier alpha value is -1.10. The molecule has 1 rings (SSSR count). The summed E-state index contributed by atoms with van der Waals surface area (Å²) in [6, 6.07) is 7.91. The zero-order valence-corrected chi connectivity index (χ0v) is 12.7. The van der Waals surface area contributed by atoms with Gasteiger partial charge in [0, 0.05) is 25.1 Å². The van der Waals surface area contributed by atoms with E-state index in [4.69, 9.17) is 9.84 Å². The third-order valence-electron chi connectivity index (χ3n) is 3.19. The van der Waals surface area contributed by atoms with Gasteiger partial charge >= 0.3 is 0 Å². The van der Waals surface area contributed by atoms with E-state index >= 15 is 0 Å². The number of hydrogen-bond donors (Lipinski definition) is 3. The first-order chi connectivity index (χ1) is 9.46. The van der Waals surface area contributed by atoms with Crippen molar-refractivity contribution in [3.63, 3.8) is 0 Å². The number of aryl methyl sites for hydroxylation is 1. The molecule has 0 aliphatic carbocycles. The number of ether oxygens (including phenoxy) is 1. The average molecular weight is 281 g/mol. The molecule has 4 heteroatoms. The van der Waals surface area contributed by atoms with Crippen molar-refractivity contribution < 1.29 is 14.9 Å². The van der Waals surface area contributed by atoms with Gasteiger partial charge in [-0.05, 0) is 24.1 Å². The first-order valence-corrected chi connectivity index (χ1v) is 7.18. The number of aliphatic hydroxyl groups is 2. The topological polar surface area (TPSA) is 61.7 Å². The van der Waals surface area contributed by atoms with Gasteiger partial charge in [-0.3, -0.25) is 0 Å². The van der Waals surface area contributed by atoms with E-state index in [0.717, 1.165) is 12.2 Å². The quantitative estimate of drug-likeness (QED) is 0.643. The SMILES string of the molecule is CCc1ccc(OCC(O)CNCC(C)(C)CO)cc1. The Morgan fingerprint density at radius 3 is 2.45 bits per heavy atom. The highest BCUT2D eigenvalue weighted by atomic mass is 16.5. The standard InChI is InChI=1S/C16H27NO3/c1-4-13-5-7-15(8-6-13)20-10-14(19)9-17-11-16(2,3)12-18/h5-8,14,17-19H,4,9-12H2,1-3H3. The van der Waals surface area contributed by atoms with Crippen LogP contribution in [0.4, 0.5) is 0 Å². The maximum Gasteiger partial charge on any atom is 0.119 e. The fraction of sp³-hybridized carbons (Fsp3) is 0.625. The Labute approximate surface area is 121 Å². The molecular weight excluding hydrogens is 254 g/mol. The second-order valence-corrected chi connectivity index (χ2v) is 5.92. The molecule has 0 bridgehead atoms. The summed E-state index contributed by atoms with van der Waals surface area (Å²) in [7, 11) is 0. The lowest BCUT2D eigenvalue weighted by Gasteiger charge is -2.23. The van der Waals surface area contributed by atoms with E-state index in [1.54, 1.807) is 0 Å². The van der Waals surface area contributed by atoms with Crippen LogP contribution in [0.5, 0.6) is 5.75 Å². The summed E-state index contributed by atoms with van der Waals surface area (Å²) in [5, 5.41) is 22.1. The third kappa shape index (κ3) is 6.37. The lowest BCUT2D eigenvalue weighted by atomic mass is 9.95. The van der Waals surface area contributed by atoms with Gasteiger partial charge in [0.1, 0.15) is 18.5 Å². The highest BCUT2D eigenvalue weighted by Crippen LogP contribution is 2.13. The minimum absolute atomic E-state index is 0.121. The minimum Gasteiger partial charge on any atom is -0.491 e. The van der Waals surface area contributed by atoms with E-state index in [-0.39, 0.29) is 18.6 Å². The number of rotatable bonds is 9. The third-order valence-corrected chi connectivity index (χ3v) is 3.19. The van der Waals surface area contributed by atoms with Crippen LogP contribution in [0.15, 0.2) is 24.3 Å². The van der Waals surface area contributed by atoms with Crippen molar-refractivity contribution in [3.05, 3.63) is 29.8 Å². The van der Waals surface area contributed by atoms with E-state index in [1.165, 1.54) is 5.56 Å². The van der Waals surface area contributed by atoms with Crippen molar-refractivity contribution in [3.8, 4) is 5.75 Å². The molecule has 0 radical (unpaired) electrons. The van der Waals surface area contributed by atoms with Crippen LogP contribution >= 0.6 is 0 Å². The summed E-state index contributed by atoms with van der Waals surface area (Å²) in [5.41, 5.74) is 1.10. The summed E-state index contributed by atoms with van der Waals surface area (Å²) in [6.07, 6.45) is 0.448. The van der Waals surface area contributed by atoms with Crippen molar-refractivity contribution in [2.24, 2.45) is 5.41 Å². The Morgan fingerprint density at radius 2 is 1.90 bits per heavy atom.